The number of primary amides is 1. The SMILES string of the molecule is CC(=O)N1C[C@H]2[C@@H]([C@H]1C(N)=O)C2(F)F. The van der Waals surface area contributed by atoms with Crippen LogP contribution >= 0.6 is 0 Å². The highest BCUT2D eigenvalue weighted by atomic mass is 19.3. The molecule has 1 heterocycles. The molecule has 78 valence electrons. The molecule has 0 aromatic rings. The predicted molar refractivity (Wildman–Crippen MR) is 42.3 cm³/mol. The van der Waals surface area contributed by atoms with Crippen LogP contribution in [0.1, 0.15) is 6.92 Å². The number of rotatable bonds is 1. The molecule has 0 radical (unpaired) electrons. The van der Waals surface area contributed by atoms with Gasteiger partial charge in [-0.15, -0.1) is 0 Å². The van der Waals surface area contributed by atoms with E-state index in [-0.39, 0.29) is 12.5 Å². The Hall–Kier alpha value is -1.20. The zero-order valence-electron chi connectivity index (χ0n) is 7.54. The number of carbonyl (C=O) groups is 2. The fourth-order valence-corrected chi connectivity index (χ4v) is 2.26. The molecule has 14 heavy (non-hydrogen) atoms. The first-order chi connectivity index (χ1) is 6.37. The molecule has 2 fully saturated rings. The number of hydrogen-bond donors (Lipinski definition) is 1. The van der Waals surface area contributed by atoms with Gasteiger partial charge in [-0.2, -0.15) is 0 Å². The van der Waals surface area contributed by atoms with Crippen LogP contribution in [-0.2, 0) is 9.59 Å². The summed E-state index contributed by atoms with van der Waals surface area (Å²) in [5.41, 5.74) is 5.00. The molecule has 0 bridgehead atoms. The molecule has 0 aromatic heterocycles. The Morgan fingerprint density at radius 3 is 2.50 bits per heavy atom. The van der Waals surface area contributed by atoms with Crippen molar-refractivity contribution in [2.75, 3.05) is 6.54 Å². The first-order valence-electron chi connectivity index (χ1n) is 4.31. The van der Waals surface area contributed by atoms with Crippen molar-refractivity contribution in [3.05, 3.63) is 0 Å². The number of carbonyl (C=O) groups excluding carboxylic acids is 2. The Morgan fingerprint density at radius 1 is 1.50 bits per heavy atom. The van der Waals surface area contributed by atoms with Crippen molar-refractivity contribution in [1.29, 1.82) is 0 Å². The van der Waals surface area contributed by atoms with Crippen molar-refractivity contribution >= 4 is 11.8 Å². The van der Waals surface area contributed by atoms with Gasteiger partial charge in [0.05, 0.1) is 11.8 Å². The number of piperidine rings is 1. The van der Waals surface area contributed by atoms with Crippen molar-refractivity contribution < 1.29 is 18.4 Å². The summed E-state index contributed by atoms with van der Waals surface area (Å²) in [4.78, 5) is 23.1. The van der Waals surface area contributed by atoms with Crippen LogP contribution < -0.4 is 5.73 Å². The van der Waals surface area contributed by atoms with E-state index in [0.29, 0.717) is 0 Å². The summed E-state index contributed by atoms with van der Waals surface area (Å²) < 4.78 is 25.9. The van der Waals surface area contributed by atoms with E-state index in [4.69, 9.17) is 5.73 Å². The zero-order valence-corrected chi connectivity index (χ0v) is 7.54. The molecule has 1 aliphatic carbocycles. The van der Waals surface area contributed by atoms with E-state index >= 15 is 0 Å². The van der Waals surface area contributed by atoms with Crippen molar-refractivity contribution in [2.24, 2.45) is 17.6 Å². The van der Waals surface area contributed by atoms with E-state index < -0.39 is 29.7 Å². The molecular formula is C8H10F2N2O2. The minimum absolute atomic E-state index is 0.0550. The van der Waals surface area contributed by atoms with E-state index in [1.54, 1.807) is 0 Å². The zero-order chi connectivity index (χ0) is 10.7. The van der Waals surface area contributed by atoms with Gasteiger partial charge in [0.25, 0.3) is 5.92 Å². The molecule has 6 heteroatoms. The second-order valence-corrected chi connectivity index (χ2v) is 3.83. The summed E-state index contributed by atoms with van der Waals surface area (Å²) in [6.07, 6.45) is 0. The lowest BCUT2D eigenvalue weighted by Gasteiger charge is -2.25. The molecule has 2 N–H and O–H groups in total. The van der Waals surface area contributed by atoms with E-state index in [1.165, 1.54) is 6.92 Å². The Kier molecular flexibility index (Phi) is 1.62. The Balaban J connectivity index is 2.23. The van der Waals surface area contributed by atoms with Crippen LogP contribution in [0.25, 0.3) is 0 Å². The summed E-state index contributed by atoms with van der Waals surface area (Å²) >= 11 is 0. The van der Waals surface area contributed by atoms with Crippen molar-refractivity contribution in [3.8, 4) is 0 Å². The molecule has 0 unspecified atom stereocenters. The van der Waals surface area contributed by atoms with Gasteiger partial charge in [0, 0.05) is 13.5 Å². The summed E-state index contributed by atoms with van der Waals surface area (Å²) in [7, 11) is 0. The topological polar surface area (TPSA) is 63.4 Å². The number of nitrogens with zero attached hydrogens (tertiary/aromatic N) is 1. The van der Waals surface area contributed by atoms with Crippen molar-refractivity contribution in [2.45, 2.75) is 18.9 Å². The van der Waals surface area contributed by atoms with Crippen molar-refractivity contribution in [1.82, 2.24) is 4.90 Å². The molecule has 1 saturated heterocycles. The lowest BCUT2D eigenvalue weighted by atomic mass is 10.1. The van der Waals surface area contributed by atoms with Crippen LogP contribution in [0.4, 0.5) is 8.78 Å². The number of hydrogen-bond acceptors (Lipinski definition) is 2. The lowest BCUT2D eigenvalue weighted by Crippen LogP contribution is -2.47. The van der Waals surface area contributed by atoms with Crippen LogP contribution in [0.2, 0.25) is 0 Å². The average molecular weight is 204 g/mol. The van der Waals surface area contributed by atoms with E-state index in [1.807, 2.05) is 0 Å². The highest BCUT2D eigenvalue weighted by Gasteiger charge is 2.77. The standard InChI is InChI=1S/C8H10F2N2O2/c1-3(13)12-2-4-5(8(4,9)10)6(12)7(11)14/h4-6H,2H2,1H3,(H2,11,14)/t4-,5-,6-/m0/s1. The number of amides is 2. The van der Waals surface area contributed by atoms with Gasteiger partial charge in [-0.1, -0.05) is 0 Å². The first-order valence-corrected chi connectivity index (χ1v) is 4.31. The maximum Gasteiger partial charge on any atom is 0.258 e. The first kappa shape index (κ1) is 9.36. The highest BCUT2D eigenvalue weighted by Crippen LogP contribution is 2.62. The molecule has 3 atom stereocenters. The molecule has 0 spiro atoms. The van der Waals surface area contributed by atoms with Crippen LogP contribution in [0.15, 0.2) is 0 Å². The largest absolute Gasteiger partial charge is 0.368 e. The quantitative estimate of drug-likeness (QED) is 0.630. The van der Waals surface area contributed by atoms with Gasteiger partial charge in [0.1, 0.15) is 6.04 Å². The molecule has 2 rings (SSSR count). The third kappa shape index (κ3) is 0.964. The van der Waals surface area contributed by atoms with Crippen molar-refractivity contribution in [3.63, 3.8) is 0 Å². The fraction of sp³-hybridized carbons (Fsp3) is 0.750. The minimum atomic E-state index is -2.81. The van der Waals surface area contributed by atoms with E-state index in [0.717, 1.165) is 4.90 Å². The molecular weight excluding hydrogens is 194 g/mol. The van der Waals surface area contributed by atoms with Crippen LogP contribution in [0.5, 0.6) is 0 Å². The monoisotopic (exact) mass is 204 g/mol. The van der Waals surface area contributed by atoms with E-state index in [2.05, 4.69) is 0 Å². The molecule has 2 amide bonds. The van der Waals surface area contributed by atoms with Crippen LogP contribution in [-0.4, -0.2) is 35.2 Å². The van der Waals surface area contributed by atoms with E-state index in [9.17, 15) is 18.4 Å². The predicted octanol–water partition coefficient (Wildman–Crippen LogP) is -0.416. The molecule has 1 aliphatic heterocycles. The van der Waals surface area contributed by atoms with Crippen LogP contribution in [0.3, 0.4) is 0 Å². The second kappa shape index (κ2) is 2.43. The Bertz CT molecular complexity index is 318. The van der Waals surface area contributed by atoms with Gasteiger partial charge >= 0.3 is 0 Å². The maximum absolute atomic E-state index is 12.9. The normalized spacial score (nSPS) is 37.9. The van der Waals surface area contributed by atoms with Gasteiger partial charge in [0.15, 0.2) is 0 Å². The number of nitrogens with two attached hydrogens (primary N) is 1. The molecule has 2 aliphatic rings. The van der Waals surface area contributed by atoms with Gasteiger partial charge in [-0.05, 0) is 0 Å². The summed E-state index contributed by atoms with van der Waals surface area (Å²) in [5.74, 6) is -5.96. The van der Waals surface area contributed by atoms with Gasteiger partial charge in [0.2, 0.25) is 11.8 Å². The smallest absolute Gasteiger partial charge is 0.258 e. The lowest BCUT2D eigenvalue weighted by molar-refractivity contribution is -0.139. The second-order valence-electron chi connectivity index (χ2n) is 3.83. The molecule has 4 nitrogen and oxygen atoms in total. The third-order valence-electron chi connectivity index (χ3n) is 3.03. The summed E-state index contributed by atoms with van der Waals surface area (Å²) in [5, 5.41) is 0. The maximum atomic E-state index is 12.9. The fourth-order valence-electron chi connectivity index (χ4n) is 2.26. The Morgan fingerprint density at radius 2 is 2.07 bits per heavy atom. The Labute approximate surface area is 79.0 Å². The highest BCUT2D eigenvalue weighted by molar-refractivity contribution is 5.87. The van der Waals surface area contributed by atoms with Gasteiger partial charge in [-0.25, -0.2) is 8.78 Å². The number of alkyl halides is 2. The summed E-state index contributed by atoms with van der Waals surface area (Å²) in [6, 6.07) is -1.12. The number of likely N-dealkylation sites (tertiary alicyclic amines) is 1. The molecule has 0 aromatic carbocycles. The minimum Gasteiger partial charge on any atom is -0.368 e. The number of halogens is 2. The molecule has 1 saturated carbocycles. The van der Waals surface area contributed by atoms with Gasteiger partial charge in [-0.3, -0.25) is 9.59 Å². The van der Waals surface area contributed by atoms with Crippen LogP contribution in [0, 0.1) is 11.8 Å². The van der Waals surface area contributed by atoms with Gasteiger partial charge < -0.3 is 10.6 Å². The third-order valence-corrected chi connectivity index (χ3v) is 3.03. The average Bonchev–Trinajstić information content (AvgIpc) is 2.47. The summed E-state index contributed by atoms with van der Waals surface area (Å²) in [6.45, 7) is 1.19. The number of fused-ring (bicyclic) bond motifs is 1.